The number of thioether (sulfide) groups is 2. The van der Waals surface area contributed by atoms with Crippen molar-refractivity contribution in [1.29, 1.82) is 0 Å². The largest absolute Gasteiger partial charge is 0.312 e. The summed E-state index contributed by atoms with van der Waals surface area (Å²) in [4.78, 5) is 2.80. The topological polar surface area (TPSA) is 15.3 Å². The van der Waals surface area contributed by atoms with E-state index in [1.165, 1.54) is 55.5 Å². The van der Waals surface area contributed by atoms with Crippen LogP contribution < -0.4 is 5.32 Å². The summed E-state index contributed by atoms with van der Waals surface area (Å²) < 4.78 is 0. The Balaban J connectivity index is 0.000000810. The summed E-state index contributed by atoms with van der Waals surface area (Å²) >= 11 is 4.33. The highest BCUT2D eigenvalue weighted by molar-refractivity contribution is 8.03. The van der Waals surface area contributed by atoms with Crippen LogP contribution in [-0.4, -0.2) is 59.6 Å². The fourth-order valence-corrected chi connectivity index (χ4v) is 5.72. The van der Waals surface area contributed by atoms with Crippen molar-refractivity contribution in [3.63, 3.8) is 0 Å². The molecule has 0 saturated carbocycles. The van der Waals surface area contributed by atoms with Gasteiger partial charge in [0.15, 0.2) is 0 Å². The molecule has 0 amide bonds. The SMILES string of the molecule is C1CSCC(N2C[C@H]3CC[C@@H](C2)NC3)CS1.Cl.Cl. The average molecular weight is 331 g/mol. The van der Waals surface area contributed by atoms with Crippen molar-refractivity contribution in [3.05, 3.63) is 0 Å². The second-order valence-electron chi connectivity index (χ2n) is 5.31. The van der Waals surface area contributed by atoms with Gasteiger partial charge >= 0.3 is 0 Å². The smallest absolute Gasteiger partial charge is 0.0277 e. The van der Waals surface area contributed by atoms with E-state index in [9.17, 15) is 0 Å². The number of hydrogen-bond donors (Lipinski definition) is 1. The minimum absolute atomic E-state index is 0. The van der Waals surface area contributed by atoms with E-state index in [1.54, 1.807) is 0 Å². The number of rotatable bonds is 1. The Morgan fingerprint density at radius 1 is 0.944 bits per heavy atom. The van der Waals surface area contributed by atoms with Gasteiger partial charge in [0, 0.05) is 48.2 Å². The number of halogens is 2. The minimum atomic E-state index is 0. The zero-order chi connectivity index (χ0) is 10.8. The highest BCUT2D eigenvalue weighted by Crippen LogP contribution is 2.26. The third kappa shape index (κ3) is 4.35. The van der Waals surface area contributed by atoms with Gasteiger partial charge in [-0.25, -0.2) is 0 Å². The second-order valence-corrected chi connectivity index (χ2v) is 7.61. The maximum Gasteiger partial charge on any atom is 0.0277 e. The molecule has 1 N–H and O–H groups in total. The van der Waals surface area contributed by atoms with Crippen molar-refractivity contribution < 1.29 is 0 Å². The Morgan fingerprint density at radius 3 is 2.28 bits per heavy atom. The molecule has 4 rings (SSSR count). The van der Waals surface area contributed by atoms with Crippen LogP contribution >= 0.6 is 48.3 Å². The predicted octanol–water partition coefficient (Wildman–Crippen LogP) is 2.36. The van der Waals surface area contributed by atoms with Gasteiger partial charge in [-0.05, 0) is 25.3 Å². The number of piperidine rings is 1. The summed E-state index contributed by atoms with van der Waals surface area (Å²) in [6.45, 7) is 3.94. The molecule has 6 heteroatoms. The highest BCUT2D eigenvalue weighted by Gasteiger charge is 2.32. The van der Waals surface area contributed by atoms with E-state index in [4.69, 9.17) is 0 Å². The van der Waals surface area contributed by atoms with Gasteiger partial charge in [0.25, 0.3) is 0 Å². The third-order valence-electron chi connectivity index (χ3n) is 4.08. The number of fused-ring (bicyclic) bond motifs is 4. The van der Waals surface area contributed by atoms with Crippen molar-refractivity contribution in [2.75, 3.05) is 42.6 Å². The lowest BCUT2D eigenvalue weighted by molar-refractivity contribution is 0.220. The van der Waals surface area contributed by atoms with E-state index < -0.39 is 0 Å². The molecule has 4 saturated heterocycles. The monoisotopic (exact) mass is 330 g/mol. The number of hydrogen-bond acceptors (Lipinski definition) is 4. The van der Waals surface area contributed by atoms with Crippen LogP contribution in [0.4, 0.5) is 0 Å². The molecule has 2 bridgehead atoms. The van der Waals surface area contributed by atoms with Crippen molar-refractivity contribution in [2.45, 2.75) is 24.9 Å². The minimum Gasteiger partial charge on any atom is -0.312 e. The fourth-order valence-electron chi connectivity index (χ4n) is 3.09. The van der Waals surface area contributed by atoms with Crippen LogP contribution in [0.2, 0.25) is 0 Å². The molecule has 0 radical (unpaired) electrons. The Labute approximate surface area is 132 Å². The number of nitrogens with one attached hydrogen (secondary N) is 1. The van der Waals surface area contributed by atoms with Crippen LogP contribution in [0, 0.1) is 5.92 Å². The summed E-state index contributed by atoms with van der Waals surface area (Å²) in [7, 11) is 0. The maximum atomic E-state index is 3.71. The lowest BCUT2D eigenvalue weighted by atomic mass is 9.97. The molecule has 4 heterocycles. The highest BCUT2D eigenvalue weighted by atomic mass is 35.5. The zero-order valence-electron chi connectivity index (χ0n) is 10.7. The standard InChI is InChI=1S/C12H22N2S2.2ClH/c1-2-11-7-14(6-10(1)5-13-11)12-8-15-3-4-16-9-12;;/h10-13H,1-9H2;2*1H/t10-,11-;;/m0../s1. The van der Waals surface area contributed by atoms with Gasteiger partial charge in [0.2, 0.25) is 0 Å². The first kappa shape index (κ1) is 17.3. The van der Waals surface area contributed by atoms with Crippen LogP contribution in [0.3, 0.4) is 0 Å². The Bertz CT molecular complexity index is 216. The predicted molar refractivity (Wildman–Crippen MR) is 89.0 cm³/mol. The molecule has 2 atom stereocenters. The van der Waals surface area contributed by atoms with Gasteiger partial charge in [-0.3, -0.25) is 4.90 Å². The molecule has 0 aromatic rings. The molecule has 0 aliphatic carbocycles. The van der Waals surface area contributed by atoms with Gasteiger partial charge in [0.05, 0.1) is 0 Å². The normalized spacial score (nSPS) is 34.0. The summed E-state index contributed by atoms with van der Waals surface area (Å²) in [5.41, 5.74) is 0. The zero-order valence-corrected chi connectivity index (χ0v) is 13.9. The van der Waals surface area contributed by atoms with Crippen LogP contribution in [0.25, 0.3) is 0 Å². The van der Waals surface area contributed by atoms with Gasteiger partial charge in [0.1, 0.15) is 0 Å². The molecule has 4 aliphatic rings. The van der Waals surface area contributed by atoms with Crippen LogP contribution in [-0.2, 0) is 0 Å². The van der Waals surface area contributed by atoms with Crippen molar-refractivity contribution >= 4 is 48.3 Å². The molecule has 0 unspecified atom stereocenters. The second kappa shape index (κ2) is 8.48. The first-order valence-electron chi connectivity index (χ1n) is 6.55. The molecule has 2 nitrogen and oxygen atoms in total. The van der Waals surface area contributed by atoms with E-state index in [-0.39, 0.29) is 24.8 Å². The fraction of sp³-hybridized carbons (Fsp3) is 1.00. The van der Waals surface area contributed by atoms with E-state index in [0.717, 1.165) is 18.0 Å². The van der Waals surface area contributed by atoms with Gasteiger partial charge in [-0.2, -0.15) is 23.5 Å². The summed E-state index contributed by atoms with van der Waals surface area (Å²) in [6, 6.07) is 1.64. The third-order valence-corrected chi connectivity index (χ3v) is 6.56. The maximum absolute atomic E-state index is 3.71. The molecular weight excluding hydrogens is 307 g/mol. The lowest BCUT2D eigenvalue weighted by Crippen LogP contribution is -2.44. The van der Waals surface area contributed by atoms with Crippen LogP contribution in [0.15, 0.2) is 0 Å². The van der Waals surface area contributed by atoms with E-state index in [0.29, 0.717) is 0 Å². The van der Waals surface area contributed by atoms with E-state index in [1.807, 2.05) is 0 Å². The van der Waals surface area contributed by atoms with Gasteiger partial charge in [-0.1, -0.05) is 0 Å². The molecule has 108 valence electrons. The molecule has 0 aromatic carbocycles. The number of nitrogens with zero attached hydrogens (tertiary/aromatic N) is 1. The van der Waals surface area contributed by atoms with Crippen LogP contribution in [0.1, 0.15) is 12.8 Å². The molecular formula is C12H24Cl2N2S2. The molecule has 0 aromatic heterocycles. The lowest BCUT2D eigenvalue weighted by Gasteiger charge is -2.30. The van der Waals surface area contributed by atoms with Crippen LogP contribution in [0.5, 0.6) is 0 Å². The summed E-state index contributed by atoms with van der Waals surface area (Å²) in [6.07, 6.45) is 2.87. The molecule has 0 spiro atoms. The van der Waals surface area contributed by atoms with Crippen molar-refractivity contribution in [3.8, 4) is 0 Å². The first-order valence-corrected chi connectivity index (χ1v) is 8.85. The first-order chi connectivity index (χ1) is 7.92. The van der Waals surface area contributed by atoms with E-state index in [2.05, 4.69) is 33.7 Å². The van der Waals surface area contributed by atoms with Crippen molar-refractivity contribution in [1.82, 2.24) is 10.2 Å². The molecule has 18 heavy (non-hydrogen) atoms. The van der Waals surface area contributed by atoms with E-state index >= 15 is 0 Å². The van der Waals surface area contributed by atoms with Gasteiger partial charge in [-0.15, -0.1) is 24.8 Å². The molecule has 4 aliphatic heterocycles. The Hall–Kier alpha value is 1.20. The van der Waals surface area contributed by atoms with Crippen molar-refractivity contribution in [2.24, 2.45) is 5.92 Å². The average Bonchev–Trinajstić information content (AvgIpc) is 2.76. The Morgan fingerprint density at radius 2 is 1.67 bits per heavy atom. The van der Waals surface area contributed by atoms with Gasteiger partial charge < -0.3 is 5.32 Å². The summed E-state index contributed by atoms with van der Waals surface area (Å²) in [5.74, 6) is 6.39. The Kier molecular flexibility index (Phi) is 8.13. The summed E-state index contributed by atoms with van der Waals surface area (Å²) in [5, 5.41) is 3.71. The quantitative estimate of drug-likeness (QED) is 0.793. The molecule has 4 fully saturated rings.